The lowest BCUT2D eigenvalue weighted by molar-refractivity contribution is 0.454. The van der Waals surface area contributed by atoms with Gasteiger partial charge in [0.2, 0.25) is 0 Å². The molecule has 6 nitrogen and oxygen atoms in total. The summed E-state index contributed by atoms with van der Waals surface area (Å²) >= 11 is 1.74. The van der Waals surface area contributed by atoms with Gasteiger partial charge < -0.3 is 13.7 Å². The van der Waals surface area contributed by atoms with Crippen LogP contribution in [0.5, 0.6) is 11.5 Å². The Balaban J connectivity index is 0.961. The number of nitrogens with zero attached hydrogens (tertiary/aromatic N) is 4. The van der Waals surface area contributed by atoms with Crippen molar-refractivity contribution >= 4 is 55.5 Å². The number of benzene rings is 8. The van der Waals surface area contributed by atoms with Gasteiger partial charge in [0.25, 0.3) is 0 Å². The number of hydrogen-bond acceptors (Lipinski definition) is 6. The zero-order chi connectivity index (χ0) is 38.2. The van der Waals surface area contributed by atoms with Gasteiger partial charge in [0.05, 0.1) is 20.8 Å². The average molecular weight is 763 g/mol. The second kappa shape index (κ2) is 13.0. The van der Waals surface area contributed by atoms with Gasteiger partial charge in [-0.1, -0.05) is 121 Å². The van der Waals surface area contributed by atoms with Gasteiger partial charge in [-0.2, -0.15) is 0 Å². The molecular weight excluding hydrogens is 733 g/mol. The second-order valence-corrected chi connectivity index (χ2v) is 15.5. The Kier molecular flexibility index (Phi) is 7.36. The highest BCUT2D eigenvalue weighted by molar-refractivity contribution is 7.99. The first-order chi connectivity index (χ1) is 28.7. The lowest BCUT2D eigenvalue weighted by atomic mass is 10.0. The molecule has 4 heterocycles. The van der Waals surface area contributed by atoms with Crippen molar-refractivity contribution < 1.29 is 9.15 Å². The number of hydrogen-bond donors (Lipinski definition) is 0. The Morgan fingerprint density at radius 2 is 1.00 bits per heavy atom. The summed E-state index contributed by atoms with van der Waals surface area (Å²) in [6, 6.07) is 62.8. The van der Waals surface area contributed by atoms with Crippen LogP contribution in [0.25, 0.3) is 94.7 Å². The molecule has 272 valence electrons. The Labute approximate surface area is 337 Å². The molecule has 0 bridgehead atoms. The Bertz CT molecular complexity index is 3410. The largest absolute Gasteiger partial charge is 0.456 e. The monoisotopic (exact) mass is 762 g/mol. The maximum atomic E-state index is 6.50. The molecule has 12 rings (SSSR count). The summed E-state index contributed by atoms with van der Waals surface area (Å²) < 4.78 is 15.0. The zero-order valence-electron chi connectivity index (χ0n) is 30.8. The van der Waals surface area contributed by atoms with Gasteiger partial charge in [-0.15, -0.1) is 0 Å². The van der Waals surface area contributed by atoms with E-state index in [0.717, 1.165) is 87.8 Å². The highest BCUT2D eigenvalue weighted by atomic mass is 32.2. The number of rotatable bonds is 5. The number of ether oxygens (including phenoxy) is 1. The molecule has 0 fully saturated rings. The van der Waals surface area contributed by atoms with E-state index in [2.05, 4.69) is 126 Å². The van der Waals surface area contributed by atoms with E-state index in [1.807, 2.05) is 60.7 Å². The van der Waals surface area contributed by atoms with E-state index < -0.39 is 0 Å². The Morgan fingerprint density at radius 3 is 1.84 bits per heavy atom. The third-order valence-corrected chi connectivity index (χ3v) is 12.0. The number of para-hydroxylation sites is 3. The van der Waals surface area contributed by atoms with Crippen LogP contribution < -0.4 is 4.74 Å². The van der Waals surface area contributed by atoms with Gasteiger partial charge in [-0.25, -0.2) is 15.0 Å². The maximum Gasteiger partial charge on any atom is 0.164 e. The van der Waals surface area contributed by atoms with Crippen LogP contribution in [0, 0.1) is 0 Å². The molecular formula is C51H30N4O2S. The SMILES string of the molecule is c1ccc(-c2nc(-c3ccc4c(c3)oc3ccc(-c5ccc6c(c5)Sc5ccccc5O6)cc34)nc(-c3ccc4c5ccccc5n(-c5ccccc5)c4c3)n2)cc1. The minimum atomic E-state index is 0.575. The van der Waals surface area contributed by atoms with E-state index in [1.165, 1.54) is 10.8 Å². The molecule has 8 aromatic carbocycles. The van der Waals surface area contributed by atoms with Gasteiger partial charge >= 0.3 is 0 Å². The van der Waals surface area contributed by atoms with Crippen molar-refractivity contribution in [2.24, 2.45) is 0 Å². The van der Waals surface area contributed by atoms with Crippen LogP contribution in [0.4, 0.5) is 0 Å². The molecule has 0 unspecified atom stereocenters. The van der Waals surface area contributed by atoms with E-state index in [9.17, 15) is 0 Å². The van der Waals surface area contributed by atoms with Crippen LogP contribution in [-0.2, 0) is 0 Å². The number of aromatic nitrogens is 4. The first-order valence-corrected chi connectivity index (χ1v) is 20.0. The summed E-state index contributed by atoms with van der Waals surface area (Å²) in [5.41, 5.74) is 9.83. The van der Waals surface area contributed by atoms with Crippen molar-refractivity contribution in [3.63, 3.8) is 0 Å². The lowest BCUT2D eigenvalue weighted by Gasteiger charge is -2.20. The molecule has 0 saturated carbocycles. The van der Waals surface area contributed by atoms with E-state index in [0.29, 0.717) is 17.5 Å². The van der Waals surface area contributed by atoms with Crippen molar-refractivity contribution in [1.29, 1.82) is 0 Å². The fourth-order valence-electron chi connectivity index (χ4n) is 8.12. The smallest absolute Gasteiger partial charge is 0.164 e. The fourth-order valence-corrected chi connectivity index (χ4v) is 9.11. The van der Waals surface area contributed by atoms with Gasteiger partial charge in [-0.05, 0) is 83.9 Å². The quantitative estimate of drug-likeness (QED) is 0.174. The zero-order valence-corrected chi connectivity index (χ0v) is 31.7. The molecule has 0 aliphatic carbocycles. The number of furan rings is 1. The molecule has 0 saturated heterocycles. The topological polar surface area (TPSA) is 66.0 Å². The van der Waals surface area contributed by atoms with Crippen LogP contribution in [0.2, 0.25) is 0 Å². The summed E-state index contributed by atoms with van der Waals surface area (Å²) in [7, 11) is 0. The highest BCUT2D eigenvalue weighted by Crippen LogP contribution is 2.48. The van der Waals surface area contributed by atoms with Crippen molar-refractivity contribution in [3.05, 3.63) is 182 Å². The maximum absolute atomic E-state index is 6.50. The molecule has 0 radical (unpaired) electrons. The first kappa shape index (κ1) is 32.7. The molecule has 0 spiro atoms. The second-order valence-electron chi connectivity index (χ2n) is 14.4. The van der Waals surface area contributed by atoms with E-state index in [-0.39, 0.29) is 0 Å². The van der Waals surface area contributed by atoms with Crippen molar-refractivity contribution in [1.82, 2.24) is 19.5 Å². The molecule has 0 N–H and O–H groups in total. The molecule has 0 amide bonds. The van der Waals surface area contributed by atoms with E-state index >= 15 is 0 Å². The van der Waals surface area contributed by atoms with Crippen LogP contribution in [0.1, 0.15) is 0 Å². The Hall–Kier alpha value is -7.48. The molecule has 1 aliphatic heterocycles. The average Bonchev–Trinajstić information content (AvgIpc) is 3.83. The minimum Gasteiger partial charge on any atom is -0.456 e. The van der Waals surface area contributed by atoms with E-state index in [4.69, 9.17) is 24.1 Å². The van der Waals surface area contributed by atoms with Gasteiger partial charge in [-0.3, -0.25) is 0 Å². The van der Waals surface area contributed by atoms with Gasteiger partial charge in [0.1, 0.15) is 22.7 Å². The predicted molar refractivity (Wildman–Crippen MR) is 234 cm³/mol. The summed E-state index contributed by atoms with van der Waals surface area (Å²) in [5, 5.41) is 4.45. The number of fused-ring (bicyclic) bond motifs is 8. The normalized spacial score (nSPS) is 12.2. The predicted octanol–water partition coefficient (Wildman–Crippen LogP) is 13.8. The highest BCUT2D eigenvalue weighted by Gasteiger charge is 2.20. The van der Waals surface area contributed by atoms with Crippen molar-refractivity contribution in [2.45, 2.75) is 9.79 Å². The van der Waals surface area contributed by atoms with Crippen LogP contribution in [0.15, 0.2) is 196 Å². The third-order valence-electron chi connectivity index (χ3n) is 10.9. The molecule has 11 aromatic rings. The summed E-state index contributed by atoms with van der Waals surface area (Å²) in [4.78, 5) is 17.5. The van der Waals surface area contributed by atoms with Crippen LogP contribution in [-0.4, -0.2) is 19.5 Å². The van der Waals surface area contributed by atoms with Crippen molar-refractivity contribution in [2.75, 3.05) is 0 Å². The van der Waals surface area contributed by atoms with Crippen LogP contribution >= 0.6 is 11.8 Å². The molecule has 7 heteroatoms. The fraction of sp³-hybridized carbons (Fsp3) is 0. The molecule has 58 heavy (non-hydrogen) atoms. The summed E-state index contributed by atoms with van der Waals surface area (Å²) in [6.07, 6.45) is 0. The van der Waals surface area contributed by atoms with Gasteiger partial charge in [0.15, 0.2) is 17.5 Å². The van der Waals surface area contributed by atoms with E-state index in [1.54, 1.807) is 11.8 Å². The molecule has 3 aromatic heterocycles. The Morgan fingerprint density at radius 1 is 0.379 bits per heavy atom. The van der Waals surface area contributed by atoms with Crippen LogP contribution in [0.3, 0.4) is 0 Å². The summed E-state index contributed by atoms with van der Waals surface area (Å²) in [6.45, 7) is 0. The molecule has 0 atom stereocenters. The van der Waals surface area contributed by atoms with Gasteiger partial charge in [0, 0.05) is 43.9 Å². The lowest BCUT2D eigenvalue weighted by Crippen LogP contribution is -2.00. The third kappa shape index (κ3) is 5.39. The molecule has 1 aliphatic rings. The standard InChI is InChI=1S/C51H30N4O2S/c1-3-11-31(12-4-1)49-52-50(34-19-23-38-37-15-7-8-16-41(37)55(42(38)28-34)36-13-5-2-6-14-36)54-51(53-49)35-20-24-39-40-27-32(21-25-43(40)56-46(39)29-35)33-22-26-45-48(30-33)58-47-18-10-9-17-44(47)57-45/h1-30H. The first-order valence-electron chi connectivity index (χ1n) is 19.2. The summed E-state index contributed by atoms with van der Waals surface area (Å²) in [5.74, 6) is 3.55. The van der Waals surface area contributed by atoms with Crippen molar-refractivity contribution in [3.8, 4) is 62.5 Å². The minimum absolute atomic E-state index is 0.575.